The Hall–Kier alpha value is -3.79. The molecular weight excluding hydrogens is 556 g/mol. The van der Waals surface area contributed by atoms with E-state index in [2.05, 4.69) is 20.9 Å². The van der Waals surface area contributed by atoms with Crippen LogP contribution in [0.15, 0.2) is 30.6 Å². The first-order chi connectivity index (χ1) is 20.0. The molecule has 11 heteroatoms. The summed E-state index contributed by atoms with van der Waals surface area (Å²) in [6.07, 6.45) is 6.49. The number of ether oxygens (including phenoxy) is 2. The summed E-state index contributed by atoms with van der Waals surface area (Å²) in [6.45, 7) is 9.48. The number of aryl methyl sites for hydroxylation is 1. The Kier molecular flexibility index (Phi) is 7.29. The molecule has 0 unspecified atom stereocenters. The maximum atomic E-state index is 13.7. The molecule has 4 aromatic heterocycles. The van der Waals surface area contributed by atoms with Gasteiger partial charge in [-0.25, -0.2) is 14.3 Å². The van der Waals surface area contributed by atoms with Gasteiger partial charge < -0.3 is 24.3 Å². The molecule has 4 aromatic rings. The molecule has 0 bridgehead atoms. The second-order valence-corrected chi connectivity index (χ2v) is 12.8. The monoisotopic (exact) mass is 592 g/mol. The molecule has 10 nitrogen and oxygen atoms in total. The van der Waals surface area contributed by atoms with Gasteiger partial charge in [0.15, 0.2) is 5.15 Å². The van der Waals surface area contributed by atoms with Crippen LogP contribution in [0.1, 0.15) is 62.4 Å². The highest BCUT2D eigenvalue weighted by atomic mass is 35.5. The van der Waals surface area contributed by atoms with Gasteiger partial charge in [0.1, 0.15) is 23.1 Å². The van der Waals surface area contributed by atoms with Crippen molar-refractivity contribution in [3.05, 3.63) is 46.9 Å². The van der Waals surface area contributed by atoms with Crippen molar-refractivity contribution in [3.8, 4) is 17.1 Å². The van der Waals surface area contributed by atoms with Gasteiger partial charge in [0.05, 0.1) is 30.4 Å². The molecule has 0 spiro atoms. The minimum atomic E-state index is -0.472. The van der Waals surface area contributed by atoms with E-state index in [1.54, 1.807) is 35.0 Å². The van der Waals surface area contributed by atoms with Gasteiger partial charge >= 0.3 is 6.09 Å². The van der Waals surface area contributed by atoms with E-state index in [4.69, 9.17) is 26.2 Å². The third-order valence-corrected chi connectivity index (χ3v) is 8.23. The van der Waals surface area contributed by atoms with Crippen LogP contribution >= 0.6 is 11.6 Å². The predicted octanol–water partition coefficient (Wildman–Crippen LogP) is 5.86. The lowest BCUT2D eigenvalue weighted by molar-refractivity contribution is 0.0322. The van der Waals surface area contributed by atoms with Crippen LogP contribution in [0.2, 0.25) is 5.15 Å². The van der Waals surface area contributed by atoms with Crippen molar-refractivity contribution in [1.82, 2.24) is 29.4 Å². The Morgan fingerprint density at radius 1 is 1.17 bits per heavy atom. The predicted molar refractivity (Wildman–Crippen MR) is 161 cm³/mol. The fourth-order valence-corrected chi connectivity index (χ4v) is 6.07. The second kappa shape index (κ2) is 10.8. The van der Waals surface area contributed by atoms with E-state index >= 15 is 0 Å². The summed E-state index contributed by atoms with van der Waals surface area (Å²) < 4.78 is 15.4. The number of amides is 2. The first kappa shape index (κ1) is 28.3. The molecule has 1 aliphatic heterocycles. The summed E-state index contributed by atoms with van der Waals surface area (Å²) in [7, 11) is 1.60. The van der Waals surface area contributed by atoms with Gasteiger partial charge in [-0.3, -0.25) is 4.79 Å². The highest BCUT2D eigenvalue weighted by Gasteiger charge is 2.30. The summed E-state index contributed by atoms with van der Waals surface area (Å²) in [5, 5.41) is 9.30. The topological polar surface area (TPSA) is 103 Å². The number of nitrogens with one attached hydrogen (secondary N) is 1. The van der Waals surface area contributed by atoms with Gasteiger partial charge in [-0.15, -0.1) is 0 Å². The van der Waals surface area contributed by atoms with Gasteiger partial charge in [-0.05, 0) is 77.5 Å². The average molecular weight is 593 g/mol. The van der Waals surface area contributed by atoms with Gasteiger partial charge in [0.25, 0.3) is 5.91 Å². The lowest BCUT2D eigenvalue weighted by Crippen LogP contribution is -2.47. The maximum Gasteiger partial charge on any atom is 0.407 e. The minimum Gasteiger partial charge on any atom is -0.494 e. The number of alkyl carbamates (subject to hydrolysis) is 1. The van der Waals surface area contributed by atoms with E-state index < -0.39 is 11.6 Å². The molecule has 1 N–H and O–H groups in total. The number of fused-ring (bicyclic) bond motifs is 2. The van der Waals surface area contributed by atoms with Crippen molar-refractivity contribution in [2.45, 2.75) is 71.6 Å². The molecule has 1 saturated carbocycles. The molecule has 1 aliphatic carbocycles. The van der Waals surface area contributed by atoms with Crippen molar-refractivity contribution in [2.24, 2.45) is 5.92 Å². The summed E-state index contributed by atoms with van der Waals surface area (Å²) in [5.41, 5.74) is 4.50. The van der Waals surface area contributed by atoms with Gasteiger partial charge in [0, 0.05) is 42.0 Å². The van der Waals surface area contributed by atoms with Crippen molar-refractivity contribution in [3.63, 3.8) is 0 Å². The number of methoxy groups -OCH3 is 1. The number of pyridine rings is 2. The van der Waals surface area contributed by atoms with Gasteiger partial charge in [-0.1, -0.05) is 11.6 Å². The molecule has 222 valence electrons. The molecule has 0 aromatic carbocycles. The Bertz CT molecular complexity index is 1680. The van der Waals surface area contributed by atoms with Crippen LogP contribution in [0, 0.1) is 12.8 Å². The van der Waals surface area contributed by atoms with Crippen LogP contribution in [-0.4, -0.2) is 67.9 Å². The largest absolute Gasteiger partial charge is 0.494 e. The van der Waals surface area contributed by atoms with Crippen LogP contribution in [0.25, 0.3) is 27.8 Å². The Labute approximate surface area is 249 Å². The molecule has 2 amide bonds. The molecule has 42 heavy (non-hydrogen) atoms. The number of likely N-dealkylation sites (tertiary alicyclic amines) is 1. The summed E-state index contributed by atoms with van der Waals surface area (Å²) in [6, 6.07) is 5.86. The highest BCUT2D eigenvalue weighted by Crippen LogP contribution is 2.39. The second-order valence-electron chi connectivity index (χ2n) is 12.5. The molecule has 6 rings (SSSR count). The molecular formula is C31H37ClN6O4. The Morgan fingerprint density at radius 3 is 2.67 bits per heavy atom. The number of carbonyl (C=O) groups is 2. The molecule has 1 atom stereocenters. The number of hydrogen-bond acceptors (Lipinski definition) is 6. The van der Waals surface area contributed by atoms with E-state index in [1.165, 1.54) is 12.8 Å². The van der Waals surface area contributed by atoms with Crippen LogP contribution in [0.5, 0.6) is 5.75 Å². The van der Waals surface area contributed by atoms with Crippen molar-refractivity contribution in [1.29, 1.82) is 0 Å². The van der Waals surface area contributed by atoms with Crippen LogP contribution < -0.4 is 10.1 Å². The fourth-order valence-electron chi connectivity index (χ4n) is 5.81. The number of aromatic nitrogens is 4. The first-order valence-electron chi connectivity index (χ1n) is 14.5. The van der Waals surface area contributed by atoms with E-state index in [1.807, 2.05) is 33.8 Å². The maximum absolute atomic E-state index is 13.7. The van der Waals surface area contributed by atoms with Gasteiger partial charge in [0.2, 0.25) is 0 Å². The average Bonchev–Trinajstić information content (AvgIpc) is 3.59. The zero-order valence-corrected chi connectivity index (χ0v) is 25.5. The Morgan fingerprint density at radius 2 is 1.95 bits per heavy atom. The molecule has 5 heterocycles. The van der Waals surface area contributed by atoms with E-state index in [0.717, 1.165) is 46.3 Å². The quantitative estimate of drug-likeness (QED) is 0.281. The van der Waals surface area contributed by atoms with Gasteiger partial charge in [-0.2, -0.15) is 5.10 Å². The van der Waals surface area contributed by atoms with Crippen molar-refractivity contribution in [2.75, 3.05) is 20.2 Å². The molecule has 1 saturated heterocycles. The normalized spacial score (nSPS) is 17.6. The number of carbonyl (C=O) groups excluding carboxylic acids is 2. The third kappa shape index (κ3) is 5.52. The number of piperidine rings is 1. The first-order valence-corrected chi connectivity index (χ1v) is 14.9. The lowest BCUT2D eigenvalue weighted by atomic mass is 10.1. The highest BCUT2D eigenvalue weighted by molar-refractivity contribution is 6.34. The van der Waals surface area contributed by atoms with Crippen LogP contribution in [0.3, 0.4) is 0 Å². The van der Waals surface area contributed by atoms with Crippen molar-refractivity contribution >= 4 is 40.0 Å². The zero-order valence-electron chi connectivity index (χ0n) is 24.7. The Balaban J connectivity index is 1.33. The number of rotatable bonds is 6. The number of nitrogens with zero attached hydrogens (tertiary/aromatic N) is 5. The van der Waals surface area contributed by atoms with Crippen molar-refractivity contribution < 1.29 is 19.1 Å². The molecule has 2 fully saturated rings. The van der Waals surface area contributed by atoms with Crippen LogP contribution in [-0.2, 0) is 11.3 Å². The lowest BCUT2D eigenvalue weighted by Gasteiger charge is -2.33. The smallest absolute Gasteiger partial charge is 0.407 e. The number of halogens is 1. The number of hydrogen-bond donors (Lipinski definition) is 1. The zero-order chi connectivity index (χ0) is 29.8. The van der Waals surface area contributed by atoms with E-state index in [-0.39, 0.29) is 12.0 Å². The summed E-state index contributed by atoms with van der Waals surface area (Å²) in [4.78, 5) is 32.1. The standard InChI is InChI=1S/C31H37ClN6O4/c1-18-25(23-13-20-10-11-33-28(32)27(20)37(23)15-19-8-9-19)35-38-16-21(14-24(41-5)26(18)38)29(39)36-12-6-7-22(17-36)42-30(40)34-31(2,3)4/h10-11,13-14,16,19,22H,6-9,12,15,17H2,1-5H3,(H,34,40)/t22-/m1/s1. The van der Waals surface area contributed by atoms with E-state index in [9.17, 15) is 9.59 Å². The SMILES string of the molecule is COc1cc(C(=O)N2CCC[C@@H](OC(=O)NC(C)(C)C)C2)cn2nc(-c3cc4ccnc(Cl)c4n3CC3CC3)c(C)c12. The van der Waals surface area contributed by atoms with Crippen LogP contribution in [0.4, 0.5) is 4.79 Å². The molecule has 2 aliphatic rings. The summed E-state index contributed by atoms with van der Waals surface area (Å²) in [5.74, 6) is 1.02. The molecule has 0 radical (unpaired) electrons. The van der Waals surface area contributed by atoms with E-state index in [0.29, 0.717) is 41.9 Å². The fraction of sp³-hybridized carbons (Fsp3) is 0.484. The third-order valence-electron chi connectivity index (χ3n) is 7.96. The minimum absolute atomic E-state index is 0.157. The summed E-state index contributed by atoms with van der Waals surface area (Å²) >= 11 is 6.58.